The van der Waals surface area contributed by atoms with Gasteiger partial charge in [0.1, 0.15) is 0 Å². The SMILES string of the molecule is CCCCP(c1ccccc1N(C)C)c1ccccc1N(C)C. The van der Waals surface area contributed by atoms with Crippen molar-refractivity contribution >= 4 is 29.9 Å². The van der Waals surface area contributed by atoms with Gasteiger partial charge in [0.05, 0.1) is 0 Å². The molecular formula is C20H29N2P. The molecule has 0 aliphatic heterocycles. The van der Waals surface area contributed by atoms with Gasteiger partial charge >= 0.3 is 0 Å². The van der Waals surface area contributed by atoms with Gasteiger partial charge in [0.25, 0.3) is 0 Å². The van der Waals surface area contributed by atoms with Crippen LogP contribution in [0.15, 0.2) is 48.5 Å². The number of anilines is 2. The summed E-state index contributed by atoms with van der Waals surface area (Å²) in [7, 11) is 8.22. The van der Waals surface area contributed by atoms with E-state index in [1.165, 1.54) is 41.0 Å². The van der Waals surface area contributed by atoms with Crippen molar-refractivity contribution < 1.29 is 0 Å². The van der Waals surface area contributed by atoms with E-state index in [1.807, 2.05) is 0 Å². The van der Waals surface area contributed by atoms with Gasteiger partial charge < -0.3 is 9.80 Å². The molecule has 0 saturated carbocycles. The Bertz CT molecular complexity index is 571. The lowest BCUT2D eigenvalue weighted by Crippen LogP contribution is -2.25. The Balaban J connectivity index is 2.55. The smallest absolute Gasteiger partial charge is 0.0442 e. The van der Waals surface area contributed by atoms with E-state index in [-0.39, 0.29) is 7.92 Å². The van der Waals surface area contributed by atoms with E-state index in [1.54, 1.807) is 0 Å². The summed E-state index contributed by atoms with van der Waals surface area (Å²) in [5.41, 5.74) is 2.70. The molecule has 2 rings (SSSR count). The standard InChI is InChI=1S/C20H29N2P/c1-6-7-16-23(19-14-10-8-12-17(19)21(2)3)20-15-11-9-13-18(20)22(4)5/h8-15H,6-7,16H2,1-5H3. The summed E-state index contributed by atoms with van der Waals surface area (Å²) >= 11 is 0. The van der Waals surface area contributed by atoms with Crippen LogP contribution in [-0.4, -0.2) is 34.4 Å². The quantitative estimate of drug-likeness (QED) is 0.708. The van der Waals surface area contributed by atoms with Gasteiger partial charge in [-0.25, -0.2) is 0 Å². The van der Waals surface area contributed by atoms with Crippen molar-refractivity contribution in [1.82, 2.24) is 0 Å². The van der Waals surface area contributed by atoms with E-state index >= 15 is 0 Å². The van der Waals surface area contributed by atoms with Gasteiger partial charge in [0.15, 0.2) is 0 Å². The van der Waals surface area contributed by atoms with Crippen LogP contribution in [0.25, 0.3) is 0 Å². The minimum atomic E-state index is -0.347. The lowest BCUT2D eigenvalue weighted by atomic mass is 10.3. The first-order valence-electron chi connectivity index (χ1n) is 8.36. The molecule has 0 unspecified atom stereocenters. The molecule has 2 nitrogen and oxygen atoms in total. The van der Waals surface area contributed by atoms with E-state index in [9.17, 15) is 0 Å². The lowest BCUT2D eigenvalue weighted by Gasteiger charge is -2.28. The minimum Gasteiger partial charge on any atom is -0.377 e. The minimum absolute atomic E-state index is 0.347. The fourth-order valence-electron chi connectivity index (χ4n) is 2.83. The summed E-state index contributed by atoms with van der Waals surface area (Å²) in [6.45, 7) is 2.28. The molecule has 0 amide bonds. The molecule has 0 spiro atoms. The fourth-order valence-corrected chi connectivity index (χ4v) is 5.84. The van der Waals surface area contributed by atoms with Crippen molar-refractivity contribution in [2.24, 2.45) is 0 Å². The lowest BCUT2D eigenvalue weighted by molar-refractivity contribution is 0.893. The second kappa shape index (κ2) is 8.36. The maximum Gasteiger partial charge on any atom is 0.0442 e. The first kappa shape index (κ1) is 17.8. The third-order valence-electron chi connectivity index (χ3n) is 4.04. The first-order valence-corrected chi connectivity index (χ1v) is 9.89. The third-order valence-corrected chi connectivity index (χ3v) is 6.73. The molecule has 2 aromatic carbocycles. The van der Waals surface area contributed by atoms with Gasteiger partial charge in [-0.3, -0.25) is 0 Å². The number of para-hydroxylation sites is 2. The van der Waals surface area contributed by atoms with Crippen molar-refractivity contribution in [2.75, 3.05) is 44.2 Å². The van der Waals surface area contributed by atoms with Crippen LogP contribution in [0.4, 0.5) is 11.4 Å². The Morgan fingerprint density at radius 1 is 0.739 bits per heavy atom. The topological polar surface area (TPSA) is 6.48 Å². The average molecular weight is 328 g/mol. The van der Waals surface area contributed by atoms with E-state index in [0.717, 1.165) is 0 Å². The number of hydrogen-bond acceptors (Lipinski definition) is 2. The molecule has 0 fully saturated rings. The number of unbranched alkanes of at least 4 members (excludes halogenated alkanes) is 1. The largest absolute Gasteiger partial charge is 0.377 e. The van der Waals surface area contributed by atoms with Crippen LogP contribution in [-0.2, 0) is 0 Å². The first-order chi connectivity index (χ1) is 11.1. The number of hydrogen-bond donors (Lipinski definition) is 0. The Morgan fingerprint density at radius 3 is 1.57 bits per heavy atom. The van der Waals surface area contributed by atoms with E-state index in [0.29, 0.717) is 0 Å². The Kier molecular flexibility index (Phi) is 6.47. The highest BCUT2D eigenvalue weighted by Crippen LogP contribution is 2.40. The number of nitrogens with zero attached hydrogens (tertiary/aromatic N) is 2. The van der Waals surface area contributed by atoms with Crippen molar-refractivity contribution in [3.63, 3.8) is 0 Å². The van der Waals surface area contributed by atoms with Crippen molar-refractivity contribution in [3.8, 4) is 0 Å². The van der Waals surface area contributed by atoms with Gasteiger partial charge in [-0.2, -0.15) is 0 Å². The molecule has 0 saturated heterocycles. The predicted molar refractivity (Wildman–Crippen MR) is 108 cm³/mol. The summed E-state index contributed by atoms with van der Waals surface area (Å²) in [5.74, 6) is 0. The fraction of sp³-hybridized carbons (Fsp3) is 0.400. The Labute approximate surface area is 142 Å². The van der Waals surface area contributed by atoms with Gasteiger partial charge in [0.2, 0.25) is 0 Å². The van der Waals surface area contributed by atoms with Crippen LogP contribution >= 0.6 is 7.92 Å². The molecule has 0 atom stereocenters. The Morgan fingerprint density at radius 2 is 1.17 bits per heavy atom. The van der Waals surface area contributed by atoms with Crippen molar-refractivity contribution in [1.29, 1.82) is 0 Å². The molecular weight excluding hydrogens is 299 g/mol. The molecule has 3 heteroatoms. The van der Waals surface area contributed by atoms with Crippen molar-refractivity contribution in [3.05, 3.63) is 48.5 Å². The maximum absolute atomic E-state index is 2.32. The van der Waals surface area contributed by atoms with Crippen LogP contribution in [0.3, 0.4) is 0 Å². The third kappa shape index (κ3) is 4.26. The highest BCUT2D eigenvalue weighted by atomic mass is 31.1. The number of benzene rings is 2. The highest BCUT2D eigenvalue weighted by molar-refractivity contribution is 7.73. The van der Waals surface area contributed by atoms with Crippen molar-refractivity contribution in [2.45, 2.75) is 19.8 Å². The van der Waals surface area contributed by atoms with Crippen LogP contribution in [0.5, 0.6) is 0 Å². The number of rotatable bonds is 7. The molecule has 0 heterocycles. The van der Waals surface area contributed by atoms with Gasteiger partial charge in [0, 0.05) is 50.2 Å². The molecule has 2 aromatic rings. The predicted octanol–water partition coefficient (Wildman–Crippen LogP) is 4.05. The second-order valence-electron chi connectivity index (χ2n) is 6.27. The highest BCUT2D eigenvalue weighted by Gasteiger charge is 2.20. The van der Waals surface area contributed by atoms with E-state index < -0.39 is 0 Å². The summed E-state index contributed by atoms with van der Waals surface area (Å²) in [5, 5.41) is 2.99. The second-order valence-corrected chi connectivity index (χ2v) is 8.54. The van der Waals surface area contributed by atoms with Crippen LogP contribution in [0.2, 0.25) is 0 Å². The molecule has 124 valence electrons. The van der Waals surface area contributed by atoms with Crippen LogP contribution < -0.4 is 20.4 Å². The molecule has 0 radical (unpaired) electrons. The monoisotopic (exact) mass is 328 g/mol. The van der Waals surface area contributed by atoms with E-state index in [2.05, 4.69) is 93.4 Å². The van der Waals surface area contributed by atoms with Crippen LogP contribution in [0.1, 0.15) is 19.8 Å². The van der Waals surface area contributed by atoms with Gasteiger partial charge in [-0.1, -0.05) is 49.7 Å². The van der Waals surface area contributed by atoms with Crippen LogP contribution in [0, 0.1) is 0 Å². The normalized spacial score (nSPS) is 10.9. The molecule has 0 N–H and O–H groups in total. The zero-order valence-electron chi connectivity index (χ0n) is 15.1. The zero-order chi connectivity index (χ0) is 16.8. The maximum atomic E-state index is 2.32. The molecule has 23 heavy (non-hydrogen) atoms. The van der Waals surface area contributed by atoms with E-state index in [4.69, 9.17) is 0 Å². The van der Waals surface area contributed by atoms with Gasteiger partial charge in [-0.15, -0.1) is 0 Å². The zero-order valence-corrected chi connectivity index (χ0v) is 16.0. The van der Waals surface area contributed by atoms with Gasteiger partial charge in [-0.05, 0) is 32.6 Å². The Hall–Kier alpha value is -1.53. The summed E-state index contributed by atoms with van der Waals surface area (Å²) in [4.78, 5) is 4.49. The summed E-state index contributed by atoms with van der Waals surface area (Å²) in [6.07, 6.45) is 3.77. The average Bonchev–Trinajstić information content (AvgIpc) is 2.55. The molecule has 0 aromatic heterocycles. The summed E-state index contributed by atoms with van der Waals surface area (Å²) < 4.78 is 0. The molecule has 0 bridgehead atoms. The molecule has 0 aliphatic rings. The summed E-state index contributed by atoms with van der Waals surface area (Å²) in [6, 6.07) is 17.8. The molecule has 0 aliphatic carbocycles.